The van der Waals surface area contributed by atoms with E-state index in [2.05, 4.69) is 33.0 Å². The van der Waals surface area contributed by atoms with Crippen LogP contribution < -0.4 is 16.1 Å². The smallest absolute Gasteiger partial charge is 0.226 e. The van der Waals surface area contributed by atoms with Gasteiger partial charge in [-0.05, 0) is 95.9 Å². The third-order valence-corrected chi connectivity index (χ3v) is 11.7. The molecule has 44 heavy (non-hydrogen) atoms. The van der Waals surface area contributed by atoms with Crippen LogP contribution >= 0.6 is 0 Å². The van der Waals surface area contributed by atoms with Gasteiger partial charge in [-0.25, -0.2) is 5.01 Å². The quantitative estimate of drug-likeness (QED) is 0.288. The highest BCUT2D eigenvalue weighted by molar-refractivity contribution is 5.82. The molecule has 2 bridgehead atoms. The number of aliphatic hydroxyl groups excluding tert-OH is 1. The summed E-state index contributed by atoms with van der Waals surface area (Å²) in [6.45, 7) is 6.67. The Labute approximate surface area is 263 Å². The molecule has 0 aromatic carbocycles. The fraction of sp³-hybridized carbons (Fsp3) is 0.939. The lowest BCUT2D eigenvalue weighted by molar-refractivity contribution is -0.160. The van der Waals surface area contributed by atoms with E-state index < -0.39 is 6.10 Å². The van der Waals surface area contributed by atoms with Gasteiger partial charge in [0, 0.05) is 44.7 Å². The summed E-state index contributed by atoms with van der Waals surface area (Å²) in [5.41, 5.74) is 3.35. The summed E-state index contributed by atoms with van der Waals surface area (Å²) < 4.78 is 18.2. The Bertz CT molecular complexity index is 951. The predicted molar refractivity (Wildman–Crippen MR) is 166 cm³/mol. The van der Waals surface area contributed by atoms with Crippen LogP contribution in [-0.2, 0) is 23.8 Å². The molecule has 2 aliphatic carbocycles. The standard InChI is InChI=1S/C33H57N5O6/c1-3-43-31-15-22(33(41)38-25-5-4-6-26(38)19-42-18-25)8-10-28(31)32(40)35-17-30(39)29-14-21-7-9-27(13-23(21)16-34-29)44-20-24-11-12-36-37(24)2/h21-31,34,36,39H,3-20H2,1-2H3,(H,35,40)/t21?,22?,23?,24?,25?,26?,27?,28?,29-,30+,31?/m0/s1. The Balaban J connectivity index is 0.940. The number of piperidine rings is 2. The SMILES string of the molecule is CCOC1CC(C(=O)N2C3CCCC2COC3)CCC1C(=O)NC[C@@H](O)[C@@H]1CC2CCC(OCC3CCNN3C)CC2CN1. The van der Waals surface area contributed by atoms with Gasteiger partial charge in [-0.3, -0.25) is 15.0 Å². The molecule has 4 heterocycles. The molecule has 11 nitrogen and oxygen atoms in total. The zero-order valence-corrected chi connectivity index (χ0v) is 27.0. The minimum Gasteiger partial charge on any atom is -0.390 e. The first-order valence-electron chi connectivity index (χ1n) is 17.7. The van der Waals surface area contributed by atoms with Gasteiger partial charge >= 0.3 is 0 Å². The van der Waals surface area contributed by atoms with E-state index in [1.54, 1.807) is 0 Å². The number of hydrogen-bond donors (Lipinski definition) is 4. The van der Waals surface area contributed by atoms with Gasteiger partial charge in [0.25, 0.3) is 0 Å². The molecule has 0 spiro atoms. The zero-order valence-electron chi connectivity index (χ0n) is 27.0. The van der Waals surface area contributed by atoms with Crippen LogP contribution in [0, 0.1) is 23.7 Å². The number of aliphatic hydroxyl groups is 1. The number of carbonyl (C=O) groups excluding carboxylic acids is 2. The van der Waals surface area contributed by atoms with Crippen LogP contribution in [0.15, 0.2) is 0 Å². The predicted octanol–water partition coefficient (Wildman–Crippen LogP) is 1.44. The summed E-state index contributed by atoms with van der Waals surface area (Å²) in [5.74, 6) is 0.920. The van der Waals surface area contributed by atoms with E-state index in [0.717, 1.165) is 71.1 Å². The van der Waals surface area contributed by atoms with Crippen LogP contribution in [0.2, 0.25) is 0 Å². The van der Waals surface area contributed by atoms with Crippen molar-refractivity contribution >= 4 is 11.8 Å². The molecule has 9 unspecified atom stereocenters. The molecule has 6 fully saturated rings. The molecule has 2 amide bonds. The number of ether oxygens (including phenoxy) is 3. The second-order valence-electron chi connectivity index (χ2n) is 14.4. The number of hydrogen-bond acceptors (Lipinski definition) is 9. The van der Waals surface area contributed by atoms with Crippen molar-refractivity contribution in [1.82, 2.24) is 26.0 Å². The first-order valence-corrected chi connectivity index (χ1v) is 17.7. The Morgan fingerprint density at radius 2 is 1.82 bits per heavy atom. The molecule has 0 radical (unpaired) electrons. The molecular formula is C33H57N5O6. The zero-order chi connectivity index (χ0) is 30.6. The minimum absolute atomic E-state index is 0.0174. The van der Waals surface area contributed by atoms with Crippen molar-refractivity contribution in [2.75, 3.05) is 53.1 Å². The lowest BCUT2D eigenvalue weighted by atomic mass is 9.72. The van der Waals surface area contributed by atoms with Crippen LogP contribution in [-0.4, -0.2) is 122 Å². The van der Waals surface area contributed by atoms with Gasteiger partial charge in [0.2, 0.25) is 11.8 Å². The Morgan fingerprint density at radius 1 is 1.00 bits per heavy atom. The Hall–Kier alpha value is -1.34. The maximum absolute atomic E-state index is 13.7. The number of hydrazine groups is 1. The van der Waals surface area contributed by atoms with Gasteiger partial charge in [0.05, 0.1) is 56.1 Å². The largest absolute Gasteiger partial charge is 0.390 e. The maximum atomic E-state index is 13.7. The summed E-state index contributed by atoms with van der Waals surface area (Å²) in [6.07, 6.45) is 9.87. The van der Waals surface area contributed by atoms with Crippen molar-refractivity contribution in [3.05, 3.63) is 0 Å². The third kappa shape index (κ3) is 7.45. The van der Waals surface area contributed by atoms with E-state index in [0.29, 0.717) is 63.1 Å². The molecule has 4 saturated heterocycles. The number of fused-ring (bicyclic) bond motifs is 3. The number of morpholine rings is 1. The molecule has 2 saturated carbocycles. The summed E-state index contributed by atoms with van der Waals surface area (Å²) in [6, 6.07) is 0.827. The van der Waals surface area contributed by atoms with Crippen molar-refractivity contribution in [2.24, 2.45) is 23.7 Å². The molecule has 250 valence electrons. The number of amides is 2. The van der Waals surface area contributed by atoms with E-state index in [-0.39, 0.29) is 54.4 Å². The van der Waals surface area contributed by atoms with Crippen molar-refractivity contribution in [2.45, 2.75) is 120 Å². The highest BCUT2D eigenvalue weighted by Crippen LogP contribution is 2.38. The van der Waals surface area contributed by atoms with Gasteiger partial charge in [0.1, 0.15) is 0 Å². The minimum atomic E-state index is -0.636. The van der Waals surface area contributed by atoms with Crippen LogP contribution in [0.4, 0.5) is 0 Å². The topological polar surface area (TPSA) is 125 Å². The summed E-state index contributed by atoms with van der Waals surface area (Å²) in [7, 11) is 2.10. The van der Waals surface area contributed by atoms with E-state index >= 15 is 0 Å². The van der Waals surface area contributed by atoms with Crippen molar-refractivity contribution in [1.29, 1.82) is 0 Å². The highest BCUT2D eigenvalue weighted by Gasteiger charge is 2.45. The second-order valence-corrected chi connectivity index (χ2v) is 14.4. The normalized spacial score (nSPS) is 40.3. The van der Waals surface area contributed by atoms with Crippen LogP contribution in [0.5, 0.6) is 0 Å². The molecule has 6 rings (SSSR count). The average Bonchev–Trinajstić information content (AvgIpc) is 3.45. The molecule has 11 heteroatoms. The van der Waals surface area contributed by atoms with Crippen LogP contribution in [0.3, 0.4) is 0 Å². The molecule has 0 aromatic heterocycles. The molecule has 4 N–H and O–H groups in total. The third-order valence-electron chi connectivity index (χ3n) is 11.7. The van der Waals surface area contributed by atoms with Gasteiger partial charge < -0.3 is 34.9 Å². The van der Waals surface area contributed by atoms with E-state index in [4.69, 9.17) is 14.2 Å². The fourth-order valence-electron chi connectivity index (χ4n) is 9.11. The number of likely N-dealkylation sites (N-methyl/N-ethyl adjacent to an activating group) is 1. The summed E-state index contributed by atoms with van der Waals surface area (Å²) in [4.78, 5) is 29.2. The van der Waals surface area contributed by atoms with E-state index in [9.17, 15) is 14.7 Å². The van der Waals surface area contributed by atoms with Crippen LogP contribution in [0.1, 0.15) is 77.6 Å². The number of rotatable bonds is 10. The van der Waals surface area contributed by atoms with Crippen LogP contribution in [0.25, 0.3) is 0 Å². The van der Waals surface area contributed by atoms with Crippen molar-refractivity contribution in [3.63, 3.8) is 0 Å². The number of nitrogens with zero attached hydrogens (tertiary/aromatic N) is 2. The average molecular weight is 620 g/mol. The van der Waals surface area contributed by atoms with Gasteiger partial charge in [-0.15, -0.1) is 0 Å². The molecule has 4 aliphatic heterocycles. The van der Waals surface area contributed by atoms with Gasteiger partial charge in [-0.2, -0.15) is 0 Å². The molecular weight excluding hydrogens is 562 g/mol. The monoisotopic (exact) mass is 619 g/mol. The second kappa shape index (κ2) is 15.0. The lowest BCUT2D eigenvalue weighted by Crippen LogP contribution is -2.59. The first kappa shape index (κ1) is 32.6. The number of nitrogens with one attached hydrogen (secondary N) is 3. The summed E-state index contributed by atoms with van der Waals surface area (Å²) >= 11 is 0. The Kier molecular flexibility index (Phi) is 11.1. The molecule has 6 aliphatic rings. The van der Waals surface area contributed by atoms with E-state index in [1.807, 2.05) is 6.92 Å². The Morgan fingerprint density at radius 3 is 2.57 bits per heavy atom. The first-order chi connectivity index (χ1) is 21.4. The maximum Gasteiger partial charge on any atom is 0.226 e. The lowest BCUT2D eigenvalue weighted by Gasteiger charge is -2.48. The highest BCUT2D eigenvalue weighted by atomic mass is 16.5. The van der Waals surface area contributed by atoms with E-state index in [1.165, 1.54) is 0 Å². The number of carbonyl (C=O) groups is 2. The van der Waals surface area contributed by atoms with Crippen molar-refractivity contribution in [3.8, 4) is 0 Å². The van der Waals surface area contributed by atoms with Crippen molar-refractivity contribution < 1.29 is 28.9 Å². The van der Waals surface area contributed by atoms with Gasteiger partial charge in [0.15, 0.2) is 0 Å². The summed E-state index contributed by atoms with van der Waals surface area (Å²) in [5, 5.41) is 19.9. The fourth-order valence-corrected chi connectivity index (χ4v) is 9.11. The molecule has 0 aromatic rings. The van der Waals surface area contributed by atoms with Gasteiger partial charge in [-0.1, -0.05) is 0 Å². The molecule has 11 atom stereocenters.